The normalized spacial score (nSPS) is 16.4. The maximum absolute atomic E-state index is 13.4. The van der Waals surface area contributed by atoms with Crippen LogP contribution in [0.4, 0.5) is 10.1 Å². The summed E-state index contributed by atoms with van der Waals surface area (Å²) >= 11 is 0. The molecule has 1 unspecified atom stereocenters. The van der Waals surface area contributed by atoms with Gasteiger partial charge >= 0.3 is 0 Å². The molecule has 0 saturated heterocycles. The number of hydrogen-bond donors (Lipinski definition) is 1. The highest BCUT2D eigenvalue weighted by Gasteiger charge is 2.30. The van der Waals surface area contributed by atoms with Crippen molar-refractivity contribution in [1.82, 2.24) is 0 Å². The molecule has 1 aromatic carbocycles. The van der Waals surface area contributed by atoms with Crippen molar-refractivity contribution in [3.63, 3.8) is 0 Å². The first-order chi connectivity index (χ1) is 9.11. The van der Waals surface area contributed by atoms with Gasteiger partial charge < -0.3 is 15.4 Å². The molecule has 1 aliphatic carbocycles. The third-order valence-corrected chi connectivity index (χ3v) is 3.42. The minimum atomic E-state index is -0.193. The molecule has 1 atom stereocenters. The SMILES string of the molecule is COCCN(c1ccc(F)cc1CC(C)N)C1CC1. The molecule has 3 nitrogen and oxygen atoms in total. The van der Waals surface area contributed by atoms with Crippen LogP contribution in [-0.4, -0.2) is 32.3 Å². The standard InChI is InChI=1S/C15H23FN2O/c1-11(17)9-12-10-13(16)3-6-15(12)18(7-8-19-2)14-4-5-14/h3,6,10-11,14H,4-5,7-9,17H2,1-2H3. The van der Waals surface area contributed by atoms with Crippen LogP contribution < -0.4 is 10.6 Å². The van der Waals surface area contributed by atoms with Crippen LogP contribution >= 0.6 is 0 Å². The Morgan fingerprint density at radius 1 is 1.47 bits per heavy atom. The average molecular weight is 266 g/mol. The highest BCUT2D eigenvalue weighted by atomic mass is 19.1. The van der Waals surface area contributed by atoms with Crippen molar-refractivity contribution >= 4 is 5.69 Å². The van der Waals surface area contributed by atoms with Crippen molar-refractivity contribution in [2.75, 3.05) is 25.2 Å². The highest BCUT2D eigenvalue weighted by molar-refractivity contribution is 5.56. The molecule has 0 aliphatic heterocycles. The van der Waals surface area contributed by atoms with Gasteiger partial charge in [0.2, 0.25) is 0 Å². The van der Waals surface area contributed by atoms with Gasteiger partial charge in [-0.3, -0.25) is 0 Å². The fourth-order valence-electron chi connectivity index (χ4n) is 2.42. The Labute approximate surface area is 114 Å². The van der Waals surface area contributed by atoms with Gasteiger partial charge in [0.1, 0.15) is 5.82 Å². The van der Waals surface area contributed by atoms with E-state index >= 15 is 0 Å². The van der Waals surface area contributed by atoms with Gasteiger partial charge in [0.25, 0.3) is 0 Å². The third kappa shape index (κ3) is 3.91. The van der Waals surface area contributed by atoms with Crippen molar-refractivity contribution < 1.29 is 9.13 Å². The fraction of sp³-hybridized carbons (Fsp3) is 0.600. The summed E-state index contributed by atoms with van der Waals surface area (Å²) in [5.74, 6) is -0.193. The van der Waals surface area contributed by atoms with Crippen molar-refractivity contribution in [2.45, 2.75) is 38.3 Å². The number of benzene rings is 1. The molecule has 0 spiro atoms. The second-order valence-electron chi connectivity index (χ2n) is 5.37. The maximum atomic E-state index is 13.4. The second-order valence-corrected chi connectivity index (χ2v) is 5.37. The Balaban J connectivity index is 2.24. The summed E-state index contributed by atoms with van der Waals surface area (Å²) in [4.78, 5) is 2.33. The van der Waals surface area contributed by atoms with Gasteiger partial charge in [0.15, 0.2) is 0 Å². The van der Waals surface area contributed by atoms with Gasteiger partial charge in [-0.15, -0.1) is 0 Å². The predicted molar refractivity (Wildman–Crippen MR) is 76.0 cm³/mol. The van der Waals surface area contributed by atoms with E-state index in [1.165, 1.54) is 18.9 Å². The summed E-state index contributed by atoms with van der Waals surface area (Å²) in [6.45, 7) is 3.48. The molecule has 0 aromatic heterocycles. The molecule has 1 aromatic rings. The van der Waals surface area contributed by atoms with Crippen LogP contribution in [0.2, 0.25) is 0 Å². The van der Waals surface area contributed by atoms with Crippen LogP contribution in [0.5, 0.6) is 0 Å². The van der Waals surface area contributed by atoms with E-state index in [0.717, 1.165) is 17.8 Å². The molecule has 2 N–H and O–H groups in total. The molecule has 1 saturated carbocycles. The summed E-state index contributed by atoms with van der Waals surface area (Å²) in [7, 11) is 1.71. The zero-order valence-corrected chi connectivity index (χ0v) is 11.7. The van der Waals surface area contributed by atoms with Gasteiger partial charge in [-0.2, -0.15) is 0 Å². The molecule has 1 aliphatic rings. The van der Waals surface area contributed by atoms with Crippen LogP contribution in [0.25, 0.3) is 0 Å². The average Bonchev–Trinajstić information content (AvgIpc) is 3.15. The van der Waals surface area contributed by atoms with Crippen LogP contribution in [0.15, 0.2) is 18.2 Å². The number of halogens is 1. The zero-order valence-electron chi connectivity index (χ0n) is 11.7. The second kappa shape index (κ2) is 6.35. The number of ether oxygens (including phenoxy) is 1. The van der Waals surface area contributed by atoms with E-state index in [1.54, 1.807) is 13.2 Å². The van der Waals surface area contributed by atoms with E-state index in [0.29, 0.717) is 19.1 Å². The lowest BCUT2D eigenvalue weighted by molar-refractivity contribution is 0.205. The smallest absolute Gasteiger partial charge is 0.123 e. The maximum Gasteiger partial charge on any atom is 0.123 e. The largest absolute Gasteiger partial charge is 0.383 e. The van der Waals surface area contributed by atoms with Crippen LogP contribution in [0.3, 0.4) is 0 Å². The molecule has 2 rings (SSSR count). The molecule has 0 bridgehead atoms. The molecule has 0 radical (unpaired) electrons. The van der Waals surface area contributed by atoms with E-state index < -0.39 is 0 Å². The first-order valence-electron chi connectivity index (χ1n) is 6.91. The van der Waals surface area contributed by atoms with E-state index in [2.05, 4.69) is 4.90 Å². The topological polar surface area (TPSA) is 38.5 Å². The number of methoxy groups -OCH3 is 1. The lowest BCUT2D eigenvalue weighted by atomic mass is 10.0. The Bertz CT molecular complexity index is 419. The first-order valence-corrected chi connectivity index (χ1v) is 6.91. The van der Waals surface area contributed by atoms with Crippen LogP contribution in [0, 0.1) is 5.82 Å². The number of nitrogens with zero attached hydrogens (tertiary/aromatic N) is 1. The van der Waals surface area contributed by atoms with Gasteiger partial charge in [-0.05, 0) is 49.9 Å². The van der Waals surface area contributed by atoms with Crippen molar-refractivity contribution in [2.24, 2.45) is 5.73 Å². The summed E-state index contributed by atoms with van der Waals surface area (Å²) in [6.07, 6.45) is 3.11. The molecule has 106 valence electrons. The molecule has 4 heteroatoms. The molecular formula is C15H23FN2O. The van der Waals surface area contributed by atoms with E-state index in [1.807, 2.05) is 13.0 Å². The minimum Gasteiger partial charge on any atom is -0.383 e. The quantitative estimate of drug-likeness (QED) is 0.823. The number of rotatable bonds is 7. The molecule has 0 heterocycles. The minimum absolute atomic E-state index is 0.0315. The highest BCUT2D eigenvalue weighted by Crippen LogP contribution is 2.34. The third-order valence-electron chi connectivity index (χ3n) is 3.42. The summed E-state index contributed by atoms with van der Waals surface area (Å²) < 4.78 is 18.6. The number of nitrogens with two attached hydrogens (primary N) is 1. The molecule has 1 fully saturated rings. The van der Waals surface area contributed by atoms with E-state index in [-0.39, 0.29) is 11.9 Å². The van der Waals surface area contributed by atoms with Gasteiger partial charge in [-0.25, -0.2) is 4.39 Å². The predicted octanol–water partition coefficient (Wildman–Crippen LogP) is 2.33. The van der Waals surface area contributed by atoms with E-state index in [4.69, 9.17) is 10.5 Å². The van der Waals surface area contributed by atoms with E-state index in [9.17, 15) is 4.39 Å². The summed E-state index contributed by atoms with van der Waals surface area (Å²) in [5.41, 5.74) is 7.98. The molecule has 19 heavy (non-hydrogen) atoms. The van der Waals surface area contributed by atoms with Crippen molar-refractivity contribution in [3.05, 3.63) is 29.6 Å². The van der Waals surface area contributed by atoms with Gasteiger partial charge in [-0.1, -0.05) is 0 Å². The number of anilines is 1. The lowest BCUT2D eigenvalue weighted by Crippen LogP contribution is -2.31. The first kappa shape index (κ1) is 14.3. The Morgan fingerprint density at radius 2 is 2.21 bits per heavy atom. The fourth-order valence-corrected chi connectivity index (χ4v) is 2.42. The zero-order chi connectivity index (χ0) is 13.8. The lowest BCUT2D eigenvalue weighted by Gasteiger charge is -2.27. The van der Waals surface area contributed by atoms with Crippen LogP contribution in [-0.2, 0) is 11.2 Å². The van der Waals surface area contributed by atoms with Crippen molar-refractivity contribution in [1.29, 1.82) is 0 Å². The summed E-state index contributed by atoms with van der Waals surface area (Å²) in [6, 6.07) is 5.63. The Kier molecular flexibility index (Phi) is 4.77. The Hall–Kier alpha value is -1.13. The van der Waals surface area contributed by atoms with Crippen LogP contribution in [0.1, 0.15) is 25.3 Å². The van der Waals surface area contributed by atoms with Gasteiger partial charge in [0, 0.05) is 31.4 Å². The molecule has 0 amide bonds. The number of hydrogen-bond acceptors (Lipinski definition) is 3. The monoisotopic (exact) mass is 266 g/mol. The summed E-state index contributed by atoms with van der Waals surface area (Å²) in [5, 5.41) is 0. The van der Waals surface area contributed by atoms with Gasteiger partial charge in [0.05, 0.1) is 6.61 Å². The van der Waals surface area contributed by atoms with Crippen molar-refractivity contribution in [3.8, 4) is 0 Å². The molecular weight excluding hydrogens is 243 g/mol. The Morgan fingerprint density at radius 3 is 2.79 bits per heavy atom.